The molecule has 1 saturated heterocycles. The number of nitrogens with zero attached hydrogens (tertiary/aromatic N) is 1. The highest BCUT2D eigenvalue weighted by Crippen LogP contribution is 2.24. The topological polar surface area (TPSA) is 61.4 Å². The Labute approximate surface area is 153 Å². The van der Waals surface area contributed by atoms with Crippen molar-refractivity contribution in [3.63, 3.8) is 0 Å². The van der Waals surface area contributed by atoms with Crippen molar-refractivity contribution in [3.8, 4) is 0 Å². The smallest absolute Gasteiger partial charge is 0.251 e. The number of rotatable bonds is 4. The number of carbonyl (C=O) groups excluding carboxylic acids is 2. The minimum Gasteiger partial charge on any atom is -0.348 e. The average Bonchev–Trinajstić information content (AvgIpc) is 3.08. The number of benzene rings is 2. The van der Waals surface area contributed by atoms with E-state index < -0.39 is 0 Å². The van der Waals surface area contributed by atoms with Crippen LogP contribution >= 0.6 is 0 Å². The quantitative estimate of drug-likeness (QED) is 0.892. The SMILES string of the molecule is O=C1CCc2cc(C(=O)N[C@H]3CCN(Cc4ccccc4)C3)ccc2N1. The fraction of sp³-hybridized carbons (Fsp3) is 0.333. The van der Waals surface area contributed by atoms with Crippen LogP contribution in [0.3, 0.4) is 0 Å². The Morgan fingerprint density at radius 1 is 1.15 bits per heavy atom. The highest BCUT2D eigenvalue weighted by atomic mass is 16.2. The molecule has 134 valence electrons. The Morgan fingerprint density at radius 3 is 2.85 bits per heavy atom. The molecule has 5 nitrogen and oxygen atoms in total. The number of fused-ring (bicyclic) bond motifs is 1. The van der Waals surface area contributed by atoms with Gasteiger partial charge < -0.3 is 10.6 Å². The van der Waals surface area contributed by atoms with Gasteiger partial charge in [0.05, 0.1) is 0 Å². The van der Waals surface area contributed by atoms with Crippen LogP contribution in [-0.2, 0) is 17.8 Å². The number of anilines is 1. The van der Waals surface area contributed by atoms with Crippen molar-refractivity contribution in [2.24, 2.45) is 0 Å². The largest absolute Gasteiger partial charge is 0.348 e. The number of amides is 2. The summed E-state index contributed by atoms with van der Waals surface area (Å²) in [6, 6.07) is 16.1. The molecule has 2 aromatic rings. The van der Waals surface area contributed by atoms with E-state index in [2.05, 4.69) is 39.8 Å². The third kappa shape index (κ3) is 3.78. The summed E-state index contributed by atoms with van der Waals surface area (Å²) in [6.07, 6.45) is 2.14. The molecular formula is C21H23N3O2. The molecule has 0 bridgehead atoms. The van der Waals surface area contributed by atoms with Gasteiger partial charge >= 0.3 is 0 Å². The second kappa shape index (κ2) is 7.30. The zero-order chi connectivity index (χ0) is 17.9. The van der Waals surface area contributed by atoms with Crippen molar-refractivity contribution >= 4 is 17.5 Å². The number of hydrogen-bond acceptors (Lipinski definition) is 3. The van der Waals surface area contributed by atoms with Crippen molar-refractivity contribution in [3.05, 3.63) is 65.2 Å². The Bertz CT molecular complexity index is 819. The Hall–Kier alpha value is -2.66. The van der Waals surface area contributed by atoms with E-state index in [1.165, 1.54) is 5.56 Å². The van der Waals surface area contributed by atoms with Gasteiger partial charge in [0.2, 0.25) is 5.91 Å². The zero-order valence-corrected chi connectivity index (χ0v) is 14.7. The maximum absolute atomic E-state index is 12.6. The molecule has 2 N–H and O–H groups in total. The van der Waals surface area contributed by atoms with Gasteiger partial charge in [-0.15, -0.1) is 0 Å². The Morgan fingerprint density at radius 2 is 2.00 bits per heavy atom. The highest BCUT2D eigenvalue weighted by molar-refractivity contribution is 5.98. The molecule has 5 heteroatoms. The first kappa shape index (κ1) is 16.8. The highest BCUT2D eigenvalue weighted by Gasteiger charge is 2.25. The van der Waals surface area contributed by atoms with Crippen LogP contribution in [0.25, 0.3) is 0 Å². The van der Waals surface area contributed by atoms with Gasteiger partial charge in [0, 0.05) is 43.3 Å². The summed E-state index contributed by atoms with van der Waals surface area (Å²) in [5.41, 5.74) is 3.83. The summed E-state index contributed by atoms with van der Waals surface area (Å²) in [4.78, 5) is 26.4. The molecule has 4 rings (SSSR count). The normalized spacial score (nSPS) is 19.7. The number of carbonyl (C=O) groups is 2. The molecule has 0 aliphatic carbocycles. The second-order valence-corrected chi connectivity index (χ2v) is 7.10. The summed E-state index contributed by atoms with van der Waals surface area (Å²) in [7, 11) is 0. The maximum atomic E-state index is 12.6. The van der Waals surface area contributed by atoms with Crippen LogP contribution in [0.2, 0.25) is 0 Å². The van der Waals surface area contributed by atoms with E-state index in [-0.39, 0.29) is 17.9 Å². The van der Waals surface area contributed by atoms with Gasteiger partial charge in [0.15, 0.2) is 0 Å². The van der Waals surface area contributed by atoms with Crippen molar-refractivity contribution in [1.29, 1.82) is 0 Å². The zero-order valence-electron chi connectivity index (χ0n) is 14.7. The van der Waals surface area contributed by atoms with Gasteiger partial charge in [0.25, 0.3) is 5.91 Å². The molecule has 2 aliphatic heterocycles. The molecule has 26 heavy (non-hydrogen) atoms. The third-order valence-electron chi connectivity index (χ3n) is 5.12. The van der Waals surface area contributed by atoms with Crippen LogP contribution in [0.1, 0.15) is 34.3 Å². The monoisotopic (exact) mass is 349 g/mol. The Balaban J connectivity index is 1.35. The summed E-state index contributed by atoms with van der Waals surface area (Å²) in [5.74, 6) is 0.00965. The summed E-state index contributed by atoms with van der Waals surface area (Å²) >= 11 is 0. The van der Waals surface area contributed by atoms with Crippen molar-refractivity contribution < 1.29 is 9.59 Å². The first-order valence-electron chi connectivity index (χ1n) is 9.17. The number of nitrogens with one attached hydrogen (secondary N) is 2. The van der Waals surface area contributed by atoms with E-state index in [0.717, 1.165) is 37.3 Å². The van der Waals surface area contributed by atoms with Crippen LogP contribution in [0.4, 0.5) is 5.69 Å². The molecule has 2 heterocycles. The van der Waals surface area contributed by atoms with Gasteiger partial charge in [-0.2, -0.15) is 0 Å². The minimum atomic E-state index is -0.0312. The van der Waals surface area contributed by atoms with E-state index in [1.807, 2.05) is 18.2 Å². The molecule has 0 spiro atoms. The van der Waals surface area contributed by atoms with E-state index in [4.69, 9.17) is 0 Å². The van der Waals surface area contributed by atoms with Crippen LogP contribution in [-0.4, -0.2) is 35.8 Å². The predicted octanol–water partition coefficient (Wildman–Crippen LogP) is 2.58. The Kier molecular flexibility index (Phi) is 4.71. The molecule has 0 saturated carbocycles. The van der Waals surface area contributed by atoms with Crippen LogP contribution in [0, 0.1) is 0 Å². The summed E-state index contributed by atoms with van der Waals surface area (Å²) in [5, 5.41) is 6.01. The standard InChI is InChI=1S/C21H23N3O2/c25-20-9-7-16-12-17(6-8-19(16)23-20)21(26)22-18-10-11-24(14-18)13-15-4-2-1-3-5-15/h1-6,8,12,18H,7,9-11,13-14H2,(H,22,26)(H,23,25)/t18-/m0/s1. The molecule has 0 unspecified atom stereocenters. The average molecular weight is 349 g/mol. The first-order valence-corrected chi connectivity index (χ1v) is 9.17. The van der Waals surface area contributed by atoms with Crippen LogP contribution in [0.5, 0.6) is 0 Å². The number of likely N-dealkylation sites (tertiary alicyclic amines) is 1. The van der Waals surface area contributed by atoms with Crippen LogP contribution < -0.4 is 10.6 Å². The summed E-state index contributed by atoms with van der Waals surface area (Å²) < 4.78 is 0. The van der Waals surface area contributed by atoms with E-state index in [9.17, 15) is 9.59 Å². The fourth-order valence-corrected chi connectivity index (χ4v) is 3.73. The number of hydrogen-bond donors (Lipinski definition) is 2. The molecule has 0 aromatic heterocycles. The fourth-order valence-electron chi connectivity index (χ4n) is 3.73. The van der Waals surface area contributed by atoms with Gasteiger partial charge in [-0.3, -0.25) is 14.5 Å². The summed E-state index contributed by atoms with van der Waals surface area (Å²) in [6.45, 7) is 2.80. The van der Waals surface area contributed by atoms with Crippen molar-refractivity contribution in [2.75, 3.05) is 18.4 Å². The van der Waals surface area contributed by atoms with E-state index in [0.29, 0.717) is 18.4 Å². The third-order valence-corrected chi connectivity index (χ3v) is 5.12. The lowest BCUT2D eigenvalue weighted by Gasteiger charge is -2.19. The van der Waals surface area contributed by atoms with Crippen LogP contribution in [0.15, 0.2) is 48.5 Å². The molecule has 1 atom stereocenters. The first-order chi connectivity index (χ1) is 12.7. The predicted molar refractivity (Wildman–Crippen MR) is 101 cm³/mol. The van der Waals surface area contributed by atoms with E-state index >= 15 is 0 Å². The maximum Gasteiger partial charge on any atom is 0.251 e. The molecule has 2 aliphatic rings. The van der Waals surface area contributed by atoms with Gasteiger partial charge in [-0.05, 0) is 42.2 Å². The number of aryl methyl sites for hydroxylation is 1. The van der Waals surface area contributed by atoms with E-state index in [1.54, 1.807) is 6.07 Å². The minimum absolute atomic E-state index is 0.0312. The second-order valence-electron chi connectivity index (χ2n) is 7.10. The molecule has 2 amide bonds. The molecular weight excluding hydrogens is 326 g/mol. The molecule has 1 fully saturated rings. The van der Waals surface area contributed by atoms with Gasteiger partial charge in [0.1, 0.15) is 0 Å². The molecule has 2 aromatic carbocycles. The van der Waals surface area contributed by atoms with Crippen molar-refractivity contribution in [1.82, 2.24) is 10.2 Å². The lowest BCUT2D eigenvalue weighted by molar-refractivity contribution is -0.116. The van der Waals surface area contributed by atoms with Crippen molar-refractivity contribution in [2.45, 2.75) is 31.8 Å². The lowest BCUT2D eigenvalue weighted by Crippen LogP contribution is -2.37. The van der Waals surface area contributed by atoms with Gasteiger partial charge in [-0.1, -0.05) is 30.3 Å². The molecule has 0 radical (unpaired) electrons. The lowest BCUT2D eigenvalue weighted by atomic mass is 10.00. The van der Waals surface area contributed by atoms with Gasteiger partial charge in [-0.25, -0.2) is 0 Å².